The number of carbonyl (C=O) groups is 2. The Bertz CT molecular complexity index is 2540. The number of hydrogen-bond donors (Lipinski definition) is 0. The molecule has 12 nitrogen and oxygen atoms in total. The molecule has 18 heteroatoms. The van der Waals surface area contributed by atoms with Gasteiger partial charge in [0.2, 0.25) is 0 Å². The van der Waals surface area contributed by atoms with E-state index in [2.05, 4.69) is 192 Å². The van der Waals surface area contributed by atoms with Gasteiger partial charge in [-0.1, -0.05) is 109 Å². The van der Waals surface area contributed by atoms with Gasteiger partial charge in [0.1, 0.15) is 11.5 Å². The molecule has 0 atom stereocenters. The van der Waals surface area contributed by atoms with E-state index in [0.717, 1.165) is 0 Å². The molecule has 0 amide bonds. The van der Waals surface area contributed by atoms with E-state index < -0.39 is 56.5 Å². The summed E-state index contributed by atoms with van der Waals surface area (Å²) in [5.74, 6) is -2.51. The number of nitrogens with zero attached hydrogens (tertiary/aromatic N) is 2. The second-order valence-corrected chi connectivity index (χ2v) is 20.9. The van der Waals surface area contributed by atoms with Gasteiger partial charge in [-0.05, 0) is 97.1 Å². The maximum Gasteiger partial charge on any atom is 1.00 e. The average molecular weight is 1050 g/mol. The number of benzene rings is 6. The van der Waals surface area contributed by atoms with Crippen LogP contribution >= 0.6 is 0 Å². The van der Waals surface area contributed by atoms with Crippen molar-refractivity contribution in [1.82, 2.24) is 9.97 Å². The molecular formula is C52H46ClN2NaO10S4. The summed E-state index contributed by atoms with van der Waals surface area (Å²) in [6.45, 7) is 0. The van der Waals surface area contributed by atoms with Crippen LogP contribution in [0.2, 0.25) is 0 Å². The molecule has 8 rings (SSSR count). The first-order chi connectivity index (χ1) is 32.8. The van der Waals surface area contributed by atoms with Gasteiger partial charge in [0.05, 0.1) is 54.9 Å². The van der Waals surface area contributed by atoms with Crippen molar-refractivity contribution in [1.29, 1.82) is 0 Å². The third-order valence-electron chi connectivity index (χ3n) is 8.75. The molecule has 8 aromatic rings. The molecule has 0 unspecified atom stereocenters. The van der Waals surface area contributed by atoms with Gasteiger partial charge < -0.3 is 31.0 Å². The molecule has 2 heterocycles. The van der Waals surface area contributed by atoms with Gasteiger partial charge in [0.25, 0.3) is 0 Å². The first kappa shape index (κ1) is 58.7. The van der Waals surface area contributed by atoms with Crippen LogP contribution in [0.1, 0.15) is 12.8 Å². The van der Waals surface area contributed by atoms with Crippen LogP contribution in [-0.2, 0) is 51.6 Å². The van der Waals surface area contributed by atoms with Gasteiger partial charge in [-0.2, -0.15) is 0 Å². The van der Waals surface area contributed by atoms with Gasteiger partial charge in [-0.25, -0.2) is 16.8 Å². The van der Waals surface area contributed by atoms with Gasteiger partial charge in [-0.3, -0.25) is 19.6 Å². The monoisotopic (exact) mass is 1040 g/mol. The van der Waals surface area contributed by atoms with E-state index in [1.54, 1.807) is 0 Å². The van der Waals surface area contributed by atoms with Crippen LogP contribution in [-0.4, -0.2) is 59.4 Å². The Balaban J connectivity index is 0.000000246. The van der Waals surface area contributed by atoms with Gasteiger partial charge in [-0.15, -0.1) is 0 Å². The van der Waals surface area contributed by atoms with Crippen molar-refractivity contribution >= 4 is 54.0 Å². The van der Waals surface area contributed by atoms with Crippen molar-refractivity contribution in [2.24, 2.45) is 0 Å². The van der Waals surface area contributed by atoms with Gasteiger partial charge >= 0.3 is 41.5 Å². The molecule has 0 spiro atoms. The summed E-state index contributed by atoms with van der Waals surface area (Å²) in [7, 11) is -8.78. The number of hydrogen-bond acceptors (Lipinski definition) is 12. The van der Waals surface area contributed by atoms with E-state index in [4.69, 9.17) is 9.47 Å². The number of halogens is 1. The number of esters is 2. The van der Waals surface area contributed by atoms with E-state index in [9.17, 15) is 35.5 Å². The maximum absolute atomic E-state index is 11.0. The minimum atomic E-state index is -4.37. The molecule has 0 N–H and O–H groups in total. The molecule has 6 aromatic carbocycles. The Morgan fingerprint density at radius 1 is 0.386 bits per heavy atom. The first-order valence-electron chi connectivity index (χ1n) is 20.7. The number of ether oxygens (including phenoxy) is 2. The summed E-state index contributed by atoms with van der Waals surface area (Å²) in [5.41, 5.74) is 0. The van der Waals surface area contributed by atoms with Crippen LogP contribution in [0.25, 0.3) is 0 Å². The quantitative estimate of drug-likeness (QED) is 0.0669. The van der Waals surface area contributed by atoms with Crippen molar-refractivity contribution in [3.63, 3.8) is 0 Å². The van der Waals surface area contributed by atoms with E-state index in [-0.39, 0.29) is 75.3 Å². The molecule has 0 saturated carbocycles. The second kappa shape index (κ2) is 31.6. The van der Waals surface area contributed by atoms with Gasteiger partial charge in [0.15, 0.2) is 29.4 Å². The smallest absolute Gasteiger partial charge is 1.00 e. The van der Waals surface area contributed by atoms with Crippen LogP contribution in [0, 0.1) is 0 Å². The SMILES string of the molecule is O=C(CCS(=O)(=O)[O-])Oc1ccncc1.O=C(CCS(=O)(=O)[O-])Oc1ccncc1.[Cl-].[Na+].c1ccc([S+](c2ccccc2)c2ccccc2)cc1.c1ccc([S+](c2ccccc2)c2ccccc2)cc1. The molecule has 0 aliphatic heterocycles. The molecule has 2 aromatic heterocycles. The Hall–Kier alpha value is -5.63. The molecule has 0 bridgehead atoms. The van der Waals surface area contributed by atoms with E-state index >= 15 is 0 Å². The van der Waals surface area contributed by atoms with Crippen LogP contribution in [0.5, 0.6) is 11.5 Å². The Kier molecular flexibility index (Phi) is 26.5. The fraction of sp³-hybridized carbons (Fsp3) is 0.0769. The zero-order valence-electron chi connectivity index (χ0n) is 37.8. The molecule has 0 radical (unpaired) electrons. The van der Waals surface area contributed by atoms with E-state index in [1.165, 1.54) is 78.4 Å². The molecular weight excluding hydrogens is 999 g/mol. The van der Waals surface area contributed by atoms with Crippen LogP contribution in [0.15, 0.2) is 260 Å². The summed E-state index contributed by atoms with van der Waals surface area (Å²) in [6.07, 6.45) is 4.79. The number of pyridine rings is 2. The van der Waals surface area contributed by atoms with Crippen molar-refractivity contribution in [2.45, 2.75) is 42.2 Å². The van der Waals surface area contributed by atoms with E-state index in [0.29, 0.717) is 0 Å². The Labute approximate surface area is 443 Å². The molecule has 0 aliphatic rings. The first-order valence-corrected chi connectivity index (χ1v) is 26.3. The van der Waals surface area contributed by atoms with Gasteiger partial charge in [0, 0.05) is 36.3 Å². The molecule has 0 saturated heterocycles. The van der Waals surface area contributed by atoms with Crippen LogP contribution in [0.4, 0.5) is 0 Å². The topological polar surface area (TPSA) is 193 Å². The maximum atomic E-state index is 11.0. The Morgan fingerprint density at radius 3 is 0.771 bits per heavy atom. The molecule has 0 aliphatic carbocycles. The molecule has 0 fully saturated rings. The summed E-state index contributed by atoms with van der Waals surface area (Å²) >= 11 is 0. The third-order valence-corrected chi connectivity index (χ3v) is 14.6. The zero-order valence-corrected chi connectivity index (χ0v) is 43.8. The summed E-state index contributed by atoms with van der Waals surface area (Å²) in [6, 6.07) is 70.1. The third kappa shape index (κ3) is 22.4. The van der Waals surface area contributed by atoms with Crippen molar-refractivity contribution < 1.29 is 87.0 Å². The summed E-state index contributed by atoms with van der Waals surface area (Å²) in [4.78, 5) is 37.6. The minimum Gasteiger partial charge on any atom is -1.00 e. The zero-order chi connectivity index (χ0) is 48.5. The molecule has 70 heavy (non-hydrogen) atoms. The normalized spacial score (nSPS) is 10.5. The van der Waals surface area contributed by atoms with Crippen molar-refractivity contribution in [3.8, 4) is 11.5 Å². The predicted molar refractivity (Wildman–Crippen MR) is 261 cm³/mol. The number of rotatable bonds is 14. The summed E-state index contributed by atoms with van der Waals surface area (Å²) in [5, 5.41) is 0. The fourth-order valence-corrected chi connectivity index (χ4v) is 10.8. The predicted octanol–water partition coefficient (Wildman–Crippen LogP) is 3.42. The summed E-state index contributed by atoms with van der Waals surface area (Å²) < 4.78 is 70.7. The van der Waals surface area contributed by atoms with Crippen LogP contribution < -0.4 is 51.4 Å². The van der Waals surface area contributed by atoms with Crippen LogP contribution in [0.3, 0.4) is 0 Å². The largest absolute Gasteiger partial charge is 1.00 e. The standard InChI is InChI=1S/2C18H15S.2C8H9NO5S.ClH.Na/c2*1-4-10-16(11-5-1)19(17-12-6-2-7-13-17)18-14-8-3-9-15-18;2*10-8(3-6-15(11,12)13)14-7-1-4-9-5-2-7;;/h2*1-15H;2*1-2,4-5H,3,6H2,(H,11,12,13);1H;/q2*+1;;;;+1/p-3. The van der Waals surface area contributed by atoms with E-state index in [1.807, 2.05) is 0 Å². The Morgan fingerprint density at radius 2 is 0.586 bits per heavy atom. The number of aromatic nitrogens is 2. The fourth-order valence-electron chi connectivity index (χ4n) is 5.75. The second-order valence-electron chi connectivity index (χ2n) is 13.8. The molecule has 356 valence electrons. The number of carbonyl (C=O) groups excluding carboxylic acids is 2. The van der Waals surface area contributed by atoms with Crippen molar-refractivity contribution in [2.75, 3.05) is 11.5 Å². The van der Waals surface area contributed by atoms with Crippen molar-refractivity contribution in [3.05, 3.63) is 231 Å². The minimum absolute atomic E-state index is 0. The average Bonchev–Trinajstić information content (AvgIpc) is 3.36.